The smallest absolute Gasteiger partial charge is 0.325 e. The Morgan fingerprint density at radius 3 is 2.08 bits per heavy atom. The van der Waals surface area contributed by atoms with Gasteiger partial charge < -0.3 is 10.4 Å². The van der Waals surface area contributed by atoms with Crippen molar-refractivity contribution in [3.05, 3.63) is 36.5 Å². The van der Waals surface area contributed by atoms with Crippen LogP contribution in [0.25, 0.3) is 0 Å². The van der Waals surface area contributed by atoms with E-state index in [4.69, 9.17) is 5.11 Å². The van der Waals surface area contributed by atoms with Gasteiger partial charge in [0.05, 0.1) is 0 Å². The molecule has 0 rings (SSSR count). The van der Waals surface area contributed by atoms with Crippen LogP contribution in [0.2, 0.25) is 0 Å². The topological polar surface area (TPSA) is 66.4 Å². The third-order valence-electron chi connectivity index (χ3n) is 3.80. The van der Waals surface area contributed by atoms with Gasteiger partial charge in [-0.05, 0) is 45.4 Å². The van der Waals surface area contributed by atoms with Crippen molar-refractivity contribution in [2.24, 2.45) is 0 Å². The molecule has 0 bridgehead atoms. The minimum absolute atomic E-state index is 0.170. The highest BCUT2D eigenvalue weighted by Crippen LogP contribution is 2.08. The summed E-state index contributed by atoms with van der Waals surface area (Å²) in [6.45, 7) is 3.62. The Labute approximate surface area is 153 Å². The van der Waals surface area contributed by atoms with Gasteiger partial charge in [0.1, 0.15) is 6.04 Å². The average Bonchev–Trinajstić information content (AvgIpc) is 2.58. The normalized spacial score (nSPS) is 13.0. The summed E-state index contributed by atoms with van der Waals surface area (Å²) in [5.41, 5.74) is 0. The zero-order valence-electron chi connectivity index (χ0n) is 15.9. The largest absolute Gasteiger partial charge is 0.480 e. The maximum absolute atomic E-state index is 11.5. The van der Waals surface area contributed by atoms with Gasteiger partial charge in [-0.15, -0.1) is 0 Å². The average molecular weight is 350 g/mol. The van der Waals surface area contributed by atoms with Crippen LogP contribution in [0.3, 0.4) is 0 Å². The van der Waals surface area contributed by atoms with Gasteiger partial charge in [-0.1, -0.05) is 62.6 Å². The van der Waals surface area contributed by atoms with Crippen LogP contribution in [0, 0.1) is 0 Å². The zero-order chi connectivity index (χ0) is 18.8. The van der Waals surface area contributed by atoms with Crippen molar-refractivity contribution in [3.8, 4) is 0 Å². The van der Waals surface area contributed by atoms with Crippen LogP contribution in [-0.4, -0.2) is 23.0 Å². The Balaban J connectivity index is 3.41. The van der Waals surface area contributed by atoms with E-state index in [2.05, 4.69) is 48.7 Å². The summed E-state index contributed by atoms with van der Waals surface area (Å²) in [5, 5.41) is 11.2. The van der Waals surface area contributed by atoms with Gasteiger partial charge in [0.2, 0.25) is 5.91 Å². The molecule has 0 aromatic heterocycles. The van der Waals surface area contributed by atoms with Gasteiger partial charge in [0.25, 0.3) is 0 Å². The minimum Gasteiger partial charge on any atom is -0.480 e. The second kappa shape index (κ2) is 17.0. The molecule has 1 amide bonds. The van der Waals surface area contributed by atoms with Gasteiger partial charge in [-0.25, -0.2) is 0 Å². The summed E-state index contributed by atoms with van der Waals surface area (Å²) >= 11 is 0. The second-order valence-corrected chi connectivity index (χ2v) is 6.23. The lowest BCUT2D eigenvalue weighted by Crippen LogP contribution is -2.38. The van der Waals surface area contributed by atoms with Crippen molar-refractivity contribution in [2.75, 3.05) is 0 Å². The molecule has 0 spiro atoms. The molecule has 0 saturated heterocycles. The van der Waals surface area contributed by atoms with Gasteiger partial charge in [-0.2, -0.15) is 0 Å². The standard InChI is InChI=1S/C21H35NO3/c1-3-4-5-6-7-8-9-10-11-12-13-14-15-16-17-18-20(23)22-19(2)21(24)25/h4-5,7-8,10-11,19H,3,6,9,12-18H2,1-2H3,(H,22,23)(H,24,25)/t19-/m1/s1. The first-order chi connectivity index (χ1) is 12.1. The molecule has 0 aliphatic rings. The molecule has 4 nitrogen and oxygen atoms in total. The summed E-state index contributed by atoms with van der Waals surface area (Å²) in [4.78, 5) is 22.1. The number of hydrogen-bond donors (Lipinski definition) is 2. The van der Waals surface area contributed by atoms with E-state index in [-0.39, 0.29) is 5.91 Å². The number of unbranched alkanes of at least 4 members (excludes halogenated alkanes) is 5. The predicted molar refractivity (Wildman–Crippen MR) is 105 cm³/mol. The van der Waals surface area contributed by atoms with E-state index in [0.717, 1.165) is 44.9 Å². The molecule has 0 fully saturated rings. The zero-order valence-corrected chi connectivity index (χ0v) is 15.9. The maximum atomic E-state index is 11.5. The second-order valence-electron chi connectivity index (χ2n) is 6.23. The fourth-order valence-corrected chi connectivity index (χ4v) is 2.28. The number of amides is 1. The molecule has 0 saturated carbocycles. The van der Waals surface area contributed by atoms with Crippen LogP contribution < -0.4 is 5.32 Å². The molecule has 25 heavy (non-hydrogen) atoms. The van der Waals surface area contributed by atoms with E-state index >= 15 is 0 Å². The van der Waals surface area contributed by atoms with Gasteiger partial charge in [0, 0.05) is 6.42 Å². The lowest BCUT2D eigenvalue weighted by Gasteiger charge is -2.08. The summed E-state index contributed by atoms with van der Waals surface area (Å²) in [5.74, 6) is -1.17. The van der Waals surface area contributed by atoms with Crippen molar-refractivity contribution in [2.45, 2.75) is 84.1 Å². The molecule has 0 aliphatic carbocycles. The van der Waals surface area contributed by atoms with E-state index in [1.165, 1.54) is 19.8 Å². The molecule has 2 N–H and O–H groups in total. The first-order valence-corrected chi connectivity index (χ1v) is 9.55. The lowest BCUT2D eigenvalue weighted by molar-refractivity contribution is -0.141. The molecule has 142 valence electrons. The molecule has 0 unspecified atom stereocenters. The summed E-state index contributed by atoms with van der Waals surface area (Å²) < 4.78 is 0. The van der Waals surface area contributed by atoms with Gasteiger partial charge in [0.15, 0.2) is 0 Å². The number of carbonyl (C=O) groups is 2. The molecule has 0 aromatic carbocycles. The molecule has 0 aromatic rings. The van der Waals surface area contributed by atoms with Crippen molar-refractivity contribution in [1.82, 2.24) is 5.32 Å². The molecule has 1 atom stereocenters. The number of carboxylic acid groups (broad SMARTS) is 1. The molecule has 0 heterocycles. The van der Waals surface area contributed by atoms with Crippen LogP contribution in [0.5, 0.6) is 0 Å². The van der Waals surface area contributed by atoms with Crippen molar-refractivity contribution in [3.63, 3.8) is 0 Å². The highest BCUT2D eigenvalue weighted by atomic mass is 16.4. The predicted octanol–water partition coefficient (Wildman–Crippen LogP) is 5.17. The third-order valence-corrected chi connectivity index (χ3v) is 3.80. The van der Waals surface area contributed by atoms with E-state index in [1.807, 2.05) is 0 Å². The van der Waals surface area contributed by atoms with E-state index in [1.54, 1.807) is 0 Å². The number of nitrogens with one attached hydrogen (secondary N) is 1. The fraction of sp³-hybridized carbons (Fsp3) is 0.619. The number of rotatable bonds is 15. The number of carbonyl (C=O) groups excluding carboxylic acids is 1. The number of carboxylic acids is 1. The van der Waals surface area contributed by atoms with E-state index in [0.29, 0.717) is 6.42 Å². The highest BCUT2D eigenvalue weighted by Gasteiger charge is 2.12. The van der Waals surface area contributed by atoms with E-state index < -0.39 is 12.0 Å². The van der Waals surface area contributed by atoms with E-state index in [9.17, 15) is 9.59 Å². The molecular formula is C21H35NO3. The molecule has 0 aliphatic heterocycles. The quantitative estimate of drug-likeness (QED) is 0.317. The summed E-state index contributed by atoms with van der Waals surface area (Å²) in [6.07, 6.45) is 23.2. The first-order valence-electron chi connectivity index (χ1n) is 9.55. The summed E-state index contributed by atoms with van der Waals surface area (Å²) in [6, 6.07) is -0.804. The van der Waals surface area contributed by atoms with Crippen molar-refractivity contribution >= 4 is 11.9 Å². The van der Waals surface area contributed by atoms with Crippen LogP contribution in [0.15, 0.2) is 36.5 Å². The Morgan fingerprint density at radius 2 is 1.44 bits per heavy atom. The highest BCUT2D eigenvalue weighted by molar-refractivity contribution is 5.83. The van der Waals surface area contributed by atoms with Crippen LogP contribution in [0.1, 0.15) is 78.1 Å². The van der Waals surface area contributed by atoms with Crippen LogP contribution >= 0.6 is 0 Å². The van der Waals surface area contributed by atoms with Gasteiger partial charge >= 0.3 is 5.97 Å². The number of aliphatic carboxylic acids is 1. The van der Waals surface area contributed by atoms with Gasteiger partial charge in [-0.3, -0.25) is 9.59 Å². The van der Waals surface area contributed by atoms with Crippen molar-refractivity contribution < 1.29 is 14.7 Å². The number of allylic oxidation sites excluding steroid dienone is 6. The molecular weight excluding hydrogens is 314 g/mol. The Morgan fingerprint density at radius 1 is 0.880 bits per heavy atom. The monoisotopic (exact) mass is 349 g/mol. The SMILES string of the molecule is CCC=CCC=CCC=CCCCCCCCC(=O)N[C@H](C)C(=O)O. The van der Waals surface area contributed by atoms with Crippen LogP contribution in [0.4, 0.5) is 0 Å². The minimum atomic E-state index is -0.995. The fourth-order valence-electron chi connectivity index (χ4n) is 2.28. The first kappa shape index (κ1) is 23.2. The number of hydrogen-bond acceptors (Lipinski definition) is 2. The molecule has 0 radical (unpaired) electrons. The Hall–Kier alpha value is -1.84. The Bertz CT molecular complexity index is 438. The maximum Gasteiger partial charge on any atom is 0.325 e. The van der Waals surface area contributed by atoms with Crippen molar-refractivity contribution in [1.29, 1.82) is 0 Å². The Kier molecular flexibility index (Phi) is 15.7. The third kappa shape index (κ3) is 16.8. The summed E-state index contributed by atoms with van der Waals surface area (Å²) in [7, 11) is 0. The molecule has 4 heteroatoms. The van der Waals surface area contributed by atoms with Crippen LogP contribution in [-0.2, 0) is 9.59 Å². The lowest BCUT2D eigenvalue weighted by atomic mass is 10.1.